The molecule has 2 N–H and O–H groups in total. The van der Waals surface area contributed by atoms with Gasteiger partial charge in [0.25, 0.3) is 0 Å². The van der Waals surface area contributed by atoms with Gasteiger partial charge in [0.1, 0.15) is 5.76 Å². The van der Waals surface area contributed by atoms with E-state index in [1.165, 1.54) is 6.39 Å². The van der Waals surface area contributed by atoms with Gasteiger partial charge in [0.05, 0.1) is 12.7 Å². The lowest BCUT2D eigenvalue weighted by molar-refractivity contribution is 0.211. The molecular formula is C10H18N2O2. The molecule has 0 radical (unpaired) electrons. The van der Waals surface area contributed by atoms with E-state index in [2.05, 4.69) is 24.1 Å². The maximum absolute atomic E-state index is 8.91. The Balaban J connectivity index is 2.41. The Labute approximate surface area is 84.3 Å². The lowest BCUT2D eigenvalue weighted by atomic mass is 9.95. The zero-order chi connectivity index (χ0) is 10.4. The molecule has 0 spiro atoms. The second kappa shape index (κ2) is 5.12. The van der Waals surface area contributed by atoms with Crippen LogP contribution < -0.4 is 5.32 Å². The zero-order valence-electron chi connectivity index (χ0n) is 8.79. The minimum absolute atomic E-state index is 0.0263. The highest BCUT2D eigenvalue weighted by molar-refractivity contribution is 4.91. The molecule has 0 bridgehead atoms. The van der Waals surface area contributed by atoms with E-state index in [1.54, 1.807) is 6.20 Å². The average molecular weight is 198 g/mol. The summed E-state index contributed by atoms with van der Waals surface area (Å²) < 4.78 is 5.12. The summed E-state index contributed by atoms with van der Waals surface area (Å²) in [5.74, 6) is 0.822. The quantitative estimate of drug-likeness (QED) is 0.723. The molecule has 0 aliphatic carbocycles. The first-order valence-corrected chi connectivity index (χ1v) is 4.93. The lowest BCUT2D eigenvalue weighted by Gasteiger charge is -2.28. The minimum atomic E-state index is -0.0263. The SMILES string of the molecule is CCC(C)(CCO)NCc1cnco1. The van der Waals surface area contributed by atoms with Gasteiger partial charge in [-0.1, -0.05) is 6.92 Å². The van der Waals surface area contributed by atoms with Crippen molar-refractivity contribution in [2.75, 3.05) is 6.61 Å². The highest BCUT2D eigenvalue weighted by atomic mass is 16.3. The number of aromatic nitrogens is 1. The molecule has 4 nitrogen and oxygen atoms in total. The van der Waals surface area contributed by atoms with E-state index in [0.717, 1.165) is 18.6 Å². The van der Waals surface area contributed by atoms with Crippen molar-refractivity contribution in [1.82, 2.24) is 10.3 Å². The number of aliphatic hydroxyl groups is 1. The van der Waals surface area contributed by atoms with Gasteiger partial charge in [-0.05, 0) is 19.8 Å². The fraction of sp³-hybridized carbons (Fsp3) is 0.700. The molecule has 0 amide bonds. The maximum atomic E-state index is 8.91. The fourth-order valence-electron chi connectivity index (χ4n) is 1.27. The average Bonchev–Trinajstić information content (AvgIpc) is 2.68. The maximum Gasteiger partial charge on any atom is 0.180 e. The molecule has 1 heterocycles. The van der Waals surface area contributed by atoms with Crippen LogP contribution in [0.1, 0.15) is 32.4 Å². The molecule has 1 unspecified atom stereocenters. The van der Waals surface area contributed by atoms with E-state index in [0.29, 0.717) is 6.54 Å². The highest BCUT2D eigenvalue weighted by Crippen LogP contribution is 2.14. The van der Waals surface area contributed by atoms with Gasteiger partial charge in [-0.3, -0.25) is 0 Å². The normalized spacial score (nSPS) is 15.4. The fourth-order valence-corrected chi connectivity index (χ4v) is 1.27. The monoisotopic (exact) mass is 198 g/mol. The molecule has 0 saturated heterocycles. The Morgan fingerprint density at radius 1 is 1.64 bits per heavy atom. The summed E-state index contributed by atoms with van der Waals surface area (Å²) in [5, 5.41) is 12.3. The Hall–Kier alpha value is -0.870. The number of nitrogens with zero attached hydrogens (tertiary/aromatic N) is 1. The van der Waals surface area contributed by atoms with Crippen molar-refractivity contribution >= 4 is 0 Å². The highest BCUT2D eigenvalue weighted by Gasteiger charge is 2.20. The molecule has 1 atom stereocenters. The van der Waals surface area contributed by atoms with Crippen molar-refractivity contribution < 1.29 is 9.52 Å². The van der Waals surface area contributed by atoms with Crippen LogP contribution in [-0.2, 0) is 6.54 Å². The van der Waals surface area contributed by atoms with E-state index in [1.807, 2.05) is 0 Å². The van der Waals surface area contributed by atoms with Crippen LogP contribution in [0, 0.1) is 0 Å². The van der Waals surface area contributed by atoms with Crippen LogP contribution in [0.15, 0.2) is 17.0 Å². The molecule has 0 aliphatic rings. The number of oxazole rings is 1. The summed E-state index contributed by atoms with van der Waals surface area (Å²) in [6, 6.07) is 0. The Morgan fingerprint density at radius 3 is 2.93 bits per heavy atom. The van der Waals surface area contributed by atoms with Gasteiger partial charge in [0.15, 0.2) is 6.39 Å². The van der Waals surface area contributed by atoms with E-state index >= 15 is 0 Å². The van der Waals surface area contributed by atoms with Crippen LogP contribution in [0.4, 0.5) is 0 Å². The first kappa shape index (κ1) is 11.2. The number of nitrogens with one attached hydrogen (secondary N) is 1. The summed E-state index contributed by atoms with van der Waals surface area (Å²) in [4.78, 5) is 3.84. The van der Waals surface area contributed by atoms with Crippen LogP contribution in [0.2, 0.25) is 0 Å². The number of hydrogen-bond donors (Lipinski definition) is 2. The first-order valence-electron chi connectivity index (χ1n) is 4.93. The molecule has 14 heavy (non-hydrogen) atoms. The third-order valence-electron chi connectivity index (χ3n) is 2.62. The van der Waals surface area contributed by atoms with E-state index in [9.17, 15) is 0 Å². The molecule has 0 saturated carbocycles. The second-order valence-electron chi connectivity index (χ2n) is 3.71. The molecule has 1 rings (SSSR count). The minimum Gasteiger partial charge on any atom is -0.447 e. The third-order valence-corrected chi connectivity index (χ3v) is 2.62. The summed E-state index contributed by atoms with van der Waals surface area (Å²) in [6.45, 7) is 5.06. The van der Waals surface area contributed by atoms with Gasteiger partial charge in [0.2, 0.25) is 0 Å². The Kier molecular flexibility index (Phi) is 4.10. The van der Waals surface area contributed by atoms with Gasteiger partial charge < -0.3 is 14.8 Å². The van der Waals surface area contributed by atoms with Crippen molar-refractivity contribution in [2.24, 2.45) is 0 Å². The van der Waals surface area contributed by atoms with Crippen LogP contribution in [0.3, 0.4) is 0 Å². The molecule has 0 aromatic carbocycles. The van der Waals surface area contributed by atoms with Crippen LogP contribution in [-0.4, -0.2) is 22.2 Å². The molecule has 1 aromatic heterocycles. The first-order chi connectivity index (χ1) is 6.70. The van der Waals surface area contributed by atoms with Gasteiger partial charge in [-0.25, -0.2) is 4.98 Å². The van der Waals surface area contributed by atoms with E-state index in [4.69, 9.17) is 9.52 Å². The largest absolute Gasteiger partial charge is 0.447 e. The van der Waals surface area contributed by atoms with Crippen LogP contribution in [0.25, 0.3) is 0 Å². The summed E-state index contributed by atoms with van der Waals surface area (Å²) in [5.41, 5.74) is -0.0263. The summed E-state index contributed by atoms with van der Waals surface area (Å²) in [6.07, 6.45) is 4.84. The van der Waals surface area contributed by atoms with Crippen molar-refractivity contribution in [3.05, 3.63) is 18.4 Å². The summed E-state index contributed by atoms with van der Waals surface area (Å²) in [7, 11) is 0. The molecule has 80 valence electrons. The molecule has 0 aliphatic heterocycles. The van der Waals surface area contributed by atoms with Gasteiger partial charge in [0, 0.05) is 12.1 Å². The lowest BCUT2D eigenvalue weighted by Crippen LogP contribution is -2.41. The van der Waals surface area contributed by atoms with Gasteiger partial charge in [-0.2, -0.15) is 0 Å². The van der Waals surface area contributed by atoms with E-state index in [-0.39, 0.29) is 12.1 Å². The Morgan fingerprint density at radius 2 is 2.43 bits per heavy atom. The van der Waals surface area contributed by atoms with Crippen molar-refractivity contribution in [3.8, 4) is 0 Å². The standard InChI is InChI=1S/C10H18N2O2/c1-3-10(2,4-5-13)12-7-9-6-11-8-14-9/h6,8,12-13H,3-5,7H2,1-2H3. The van der Waals surface area contributed by atoms with Crippen molar-refractivity contribution in [1.29, 1.82) is 0 Å². The van der Waals surface area contributed by atoms with Crippen molar-refractivity contribution in [3.63, 3.8) is 0 Å². The summed E-state index contributed by atoms with van der Waals surface area (Å²) >= 11 is 0. The predicted molar refractivity (Wildman–Crippen MR) is 53.7 cm³/mol. The van der Waals surface area contributed by atoms with Crippen LogP contribution >= 0.6 is 0 Å². The predicted octanol–water partition coefficient (Wildman–Crippen LogP) is 1.32. The molecular weight excluding hydrogens is 180 g/mol. The van der Waals surface area contributed by atoms with Gasteiger partial charge >= 0.3 is 0 Å². The number of rotatable bonds is 6. The van der Waals surface area contributed by atoms with Crippen molar-refractivity contribution in [2.45, 2.75) is 38.8 Å². The smallest absolute Gasteiger partial charge is 0.180 e. The zero-order valence-corrected chi connectivity index (χ0v) is 8.79. The van der Waals surface area contributed by atoms with Crippen LogP contribution in [0.5, 0.6) is 0 Å². The number of aliphatic hydroxyl groups excluding tert-OH is 1. The molecule has 0 fully saturated rings. The van der Waals surface area contributed by atoms with Gasteiger partial charge in [-0.15, -0.1) is 0 Å². The number of hydrogen-bond acceptors (Lipinski definition) is 4. The third kappa shape index (κ3) is 3.12. The molecule has 4 heteroatoms. The Bertz CT molecular complexity index is 249. The topological polar surface area (TPSA) is 58.3 Å². The molecule has 1 aromatic rings. The second-order valence-corrected chi connectivity index (χ2v) is 3.71. The van der Waals surface area contributed by atoms with E-state index < -0.39 is 0 Å².